The van der Waals surface area contributed by atoms with Crippen molar-refractivity contribution in [3.05, 3.63) is 34.9 Å². The molecule has 0 unspecified atom stereocenters. The van der Waals surface area contributed by atoms with Gasteiger partial charge in [0.25, 0.3) is 0 Å². The monoisotopic (exact) mass is 242 g/mol. The van der Waals surface area contributed by atoms with E-state index >= 15 is 0 Å². The Balaban J connectivity index is 3.23. The van der Waals surface area contributed by atoms with Crippen molar-refractivity contribution in [2.45, 2.75) is 19.1 Å². The lowest BCUT2D eigenvalue weighted by atomic mass is 10.0. The van der Waals surface area contributed by atoms with Gasteiger partial charge in [0.2, 0.25) is 0 Å². The molecule has 0 aliphatic heterocycles. The molecule has 5 heteroatoms. The molecule has 1 aromatic carbocycles. The number of carbonyl (C=O) groups is 1. The van der Waals surface area contributed by atoms with Crippen LogP contribution >= 0.6 is 0 Å². The quantitative estimate of drug-likeness (QED) is 0.868. The smallest absolute Gasteiger partial charge is 0.336 e. The van der Waals surface area contributed by atoms with Crippen LogP contribution in [0.3, 0.4) is 0 Å². The van der Waals surface area contributed by atoms with Crippen molar-refractivity contribution in [2.24, 2.45) is 0 Å². The van der Waals surface area contributed by atoms with E-state index in [-0.39, 0.29) is 11.3 Å². The van der Waals surface area contributed by atoms with Crippen LogP contribution in [-0.4, -0.2) is 25.7 Å². The Morgan fingerprint density at radius 2 is 2.00 bits per heavy atom. The molecule has 88 valence electrons. The molecule has 0 aliphatic carbocycles. The average Bonchev–Trinajstić information content (AvgIpc) is 2.15. The minimum atomic E-state index is -3.22. The highest BCUT2D eigenvalue weighted by Gasteiger charge is 2.14. The van der Waals surface area contributed by atoms with Crippen LogP contribution in [0.1, 0.15) is 28.4 Å². The summed E-state index contributed by atoms with van der Waals surface area (Å²) in [6.45, 7) is 1.91. The van der Waals surface area contributed by atoms with Crippen LogP contribution in [0.25, 0.3) is 0 Å². The van der Waals surface area contributed by atoms with Crippen molar-refractivity contribution in [3.63, 3.8) is 0 Å². The van der Waals surface area contributed by atoms with Gasteiger partial charge in [-0.3, -0.25) is 0 Å². The van der Waals surface area contributed by atoms with Gasteiger partial charge in [-0.2, -0.15) is 0 Å². The van der Waals surface area contributed by atoms with Gasteiger partial charge in [-0.25, -0.2) is 13.2 Å². The maximum Gasteiger partial charge on any atom is 0.336 e. The summed E-state index contributed by atoms with van der Waals surface area (Å²) in [4.78, 5) is 11.0. The number of hydrogen-bond donors (Lipinski definition) is 1. The van der Waals surface area contributed by atoms with Crippen LogP contribution in [0.15, 0.2) is 18.2 Å². The molecule has 0 amide bonds. The lowest BCUT2D eigenvalue weighted by Gasteiger charge is -2.06. The predicted octanol–water partition coefficient (Wildman–Crippen LogP) is 1.49. The minimum Gasteiger partial charge on any atom is -0.478 e. The van der Waals surface area contributed by atoms with Crippen molar-refractivity contribution < 1.29 is 18.3 Å². The lowest BCUT2D eigenvalue weighted by Crippen LogP contribution is -2.08. The zero-order chi connectivity index (χ0) is 12.3. The summed E-state index contributed by atoms with van der Waals surface area (Å²) in [5.74, 6) is -1.33. The standard InChI is InChI=1S/C11H14O4S/c1-3-8-4-5-9(7-16(2,14)15)10(6-8)11(12)13/h4-6H,3,7H2,1-2H3,(H,12,13). The molecule has 0 atom stereocenters. The van der Waals surface area contributed by atoms with Gasteiger partial charge in [-0.1, -0.05) is 19.1 Å². The van der Waals surface area contributed by atoms with Gasteiger partial charge < -0.3 is 5.11 Å². The zero-order valence-corrected chi connectivity index (χ0v) is 10.0. The van der Waals surface area contributed by atoms with Crippen LogP contribution in [0.5, 0.6) is 0 Å². The third-order valence-electron chi connectivity index (χ3n) is 2.23. The number of hydrogen-bond acceptors (Lipinski definition) is 3. The molecule has 1 aromatic rings. The van der Waals surface area contributed by atoms with Crippen molar-refractivity contribution >= 4 is 15.8 Å². The summed E-state index contributed by atoms with van der Waals surface area (Å²) in [5.41, 5.74) is 1.30. The molecule has 0 fully saturated rings. The van der Waals surface area contributed by atoms with Crippen LogP contribution in [0, 0.1) is 0 Å². The second-order valence-corrected chi connectivity index (χ2v) is 5.86. The normalized spacial score (nSPS) is 11.4. The molecular weight excluding hydrogens is 228 g/mol. The average molecular weight is 242 g/mol. The Hall–Kier alpha value is -1.36. The molecule has 0 saturated heterocycles. The number of benzene rings is 1. The van der Waals surface area contributed by atoms with Gasteiger partial charge in [0, 0.05) is 6.26 Å². The van der Waals surface area contributed by atoms with Crippen molar-refractivity contribution in [1.82, 2.24) is 0 Å². The summed E-state index contributed by atoms with van der Waals surface area (Å²) in [6.07, 6.45) is 1.81. The highest BCUT2D eigenvalue weighted by molar-refractivity contribution is 7.89. The van der Waals surface area contributed by atoms with E-state index in [9.17, 15) is 13.2 Å². The fourth-order valence-corrected chi connectivity index (χ4v) is 2.27. The maximum absolute atomic E-state index is 11.1. The van der Waals surface area contributed by atoms with Gasteiger partial charge in [-0.15, -0.1) is 0 Å². The van der Waals surface area contributed by atoms with E-state index in [1.54, 1.807) is 12.1 Å². The molecule has 1 rings (SSSR count). The molecule has 0 aromatic heterocycles. The summed E-state index contributed by atoms with van der Waals surface area (Å²) < 4.78 is 22.3. The molecule has 0 spiro atoms. The Labute approximate surface area is 94.8 Å². The molecular formula is C11H14O4S. The minimum absolute atomic E-state index is 0.0739. The predicted molar refractivity (Wildman–Crippen MR) is 61.3 cm³/mol. The highest BCUT2D eigenvalue weighted by atomic mass is 32.2. The lowest BCUT2D eigenvalue weighted by molar-refractivity contribution is 0.0696. The number of carboxylic acid groups (broad SMARTS) is 1. The number of rotatable bonds is 4. The second kappa shape index (κ2) is 4.65. The molecule has 0 heterocycles. The number of aromatic carboxylic acids is 1. The molecule has 16 heavy (non-hydrogen) atoms. The van der Waals surface area contributed by atoms with Crippen LogP contribution < -0.4 is 0 Å². The third-order valence-corrected chi connectivity index (χ3v) is 3.07. The maximum atomic E-state index is 11.1. The van der Waals surface area contributed by atoms with Gasteiger partial charge in [0.15, 0.2) is 9.84 Å². The largest absolute Gasteiger partial charge is 0.478 e. The van der Waals surface area contributed by atoms with E-state index in [2.05, 4.69) is 0 Å². The summed E-state index contributed by atoms with van der Waals surface area (Å²) >= 11 is 0. The third kappa shape index (κ3) is 3.34. The molecule has 0 radical (unpaired) electrons. The Bertz CT molecular complexity index is 503. The van der Waals surface area contributed by atoms with E-state index < -0.39 is 15.8 Å². The molecule has 0 aliphatic rings. The first-order valence-corrected chi connectivity index (χ1v) is 6.92. The van der Waals surface area contributed by atoms with Gasteiger partial charge in [0.05, 0.1) is 11.3 Å². The summed E-state index contributed by atoms with van der Waals surface area (Å²) in [6, 6.07) is 4.86. The van der Waals surface area contributed by atoms with E-state index in [0.717, 1.165) is 18.2 Å². The number of sulfone groups is 1. The first-order valence-electron chi connectivity index (χ1n) is 4.86. The number of carboxylic acids is 1. The first-order chi connectivity index (χ1) is 7.33. The Kier molecular flexibility index (Phi) is 3.70. The zero-order valence-electron chi connectivity index (χ0n) is 9.23. The van der Waals surface area contributed by atoms with Gasteiger partial charge >= 0.3 is 5.97 Å². The SMILES string of the molecule is CCc1ccc(CS(C)(=O)=O)c(C(=O)O)c1. The second-order valence-electron chi connectivity index (χ2n) is 3.72. The number of aryl methyl sites for hydroxylation is 1. The van der Waals surface area contributed by atoms with Crippen molar-refractivity contribution in [3.8, 4) is 0 Å². The van der Waals surface area contributed by atoms with Crippen molar-refractivity contribution in [2.75, 3.05) is 6.26 Å². The summed E-state index contributed by atoms with van der Waals surface area (Å²) in [7, 11) is -3.22. The molecule has 0 bridgehead atoms. The highest BCUT2D eigenvalue weighted by Crippen LogP contribution is 2.15. The summed E-state index contributed by atoms with van der Waals surface area (Å²) in [5, 5.41) is 8.99. The van der Waals surface area contributed by atoms with Gasteiger partial charge in [0.1, 0.15) is 0 Å². The molecule has 4 nitrogen and oxygen atoms in total. The first kappa shape index (κ1) is 12.7. The van der Waals surface area contributed by atoms with Crippen LogP contribution in [-0.2, 0) is 22.0 Å². The van der Waals surface area contributed by atoms with E-state index in [1.807, 2.05) is 6.92 Å². The van der Waals surface area contributed by atoms with E-state index in [1.165, 1.54) is 6.07 Å². The fourth-order valence-electron chi connectivity index (χ4n) is 1.45. The van der Waals surface area contributed by atoms with Crippen LogP contribution in [0.2, 0.25) is 0 Å². The van der Waals surface area contributed by atoms with Crippen molar-refractivity contribution in [1.29, 1.82) is 0 Å². The van der Waals surface area contributed by atoms with E-state index in [4.69, 9.17) is 5.11 Å². The Morgan fingerprint density at radius 1 is 1.38 bits per heavy atom. The van der Waals surface area contributed by atoms with Crippen LogP contribution in [0.4, 0.5) is 0 Å². The Morgan fingerprint density at radius 3 is 2.44 bits per heavy atom. The topological polar surface area (TPSA) is 71.4 Å². The van der Waals surface area contributed by atoms with E-state index in [0.29, 0.717) is 5.56 Å². The molecule has 1 N–H and O–H groups in total. The van der Waals surface area contributed by atoms with Gasteiger partial charge in [-0.05, 0) is 23.6 Å². The fraction of sp³-hybridized carbons (Fsp3) is 0.364. The molecule has 0 saturated carbocycles.